The van der Waals surface area contributed by atoms with Crippen LogP contribution >= 0.6 is 0 Å². The molecule has 7 heteroatoms. The minimum absolute atomic E-state index is 0.000617. The minimum Gasteiger partial charge on any atom is -0.342 e. The predicted octanol–water partition coefficient (Wildman–Crippen LogP) is 2.51. The summed E-state index contributed by atoms with van der Waals surface area (Å²) in [5.74, 6) is 2.53. The fourth-order valence-corrected chi connectivity index (χ4v) is 3.59. The number of nitrogens with zero attached hydrogens (tertiary/aromatic N) is 5. The summed E-state index contributed by atoms with van der Waals surface area (Å²) < 4.78 is 2.01. The molecule has 1 aliphatic rings. The van der Waals surface area contributed by atoms with E-state index in [2.05, 4.69) is 20.2 Å². The molecule has 1 aliphatic heterocycles. The molecule has 3 heterocycles. The van der Waals surface area contributed by atoms with Crippen molar-refractivity contribution in [1.82, 2.24) is 29.6 Å². The largest absolute Gasteiger partial charge is 0.342 e. The molecule has 0 unspecified atom stereocenters. The first-order valence-electron chi connectivity index (χ1n) is 8.92. The molecule has 0 fully saturated rings. The number of aromatic amines is 1. The first-order chi connectivity index (χ1) is 13.2. The van der Waals surface area contributed by atoms with Crippen LogP contribution < -0.4 is 0 Å². The summed E-state index contributed by atoms with van der Waals surface area (Å²) in [6, 6.07) is 15.6. The number of aryl methyl sites for hydroxylation is 2. The second kappa shape index (κ2) is 6.05. The molecular weight excluding hydrogens is 340 g/mol. The van der Waals surface area contributed by atoms with E-state index in [-0.39, 0.29) is 5.91 Å². The summed E-state index contributed by atoms with van der Waals surface area (Å²) in [6.07, 6.45) is 1.40. The zero-order chi connectivity index (χ0) is 18.4. The molecule has 27 heavy (non-hydrogen) atoms. The summed E-state index contributed by atoms with van der Waals surface area (Å²) in [7, 11) is 1.79. The average Bonchev–Trinajstić information content (AvgIpc) is 3.26. The highest BCUT2D eigenvalue weighted by Gasteiger charge is 2.26. The van der Waals surface area contributed by atoms with E-state index in [1.54, 1.807) is 11.9 Å². The van der Waals surface area contributed by atoms with E-state index in [0.29, 0.717) is 18.5 Å². The molecule has 0 atom stereocenters. The predicted molar refractivity (Wildman–Crippen MR) is 101 cm³/mol. The molecule has 1 amide bonds. The summed E-state index contributed by atoms with van der Waals surface area (Å²) in [4.78, 5) is 22.3. The highest BCUT2D eigenvalue weighted by molar-refractivity contribution is 5.98. The van der Waals surface area contributed by atoms with Crippen molar-refractivity contribution in [1.29, 1.82) is 0 Å². The number of para-hydroxylation sites is 3. The average molecular weight is 358 g/mol. The third-order valence-electron chi connectivity index (χ3n) is 4.92. The van der Waals surface area contributed by atoms with Gasteiger partial charge >= 0.3 is 0 Å². The lowest BCUT2D eigenvalue weighted by Gasteiger charge is -2.12. The van der Waals surface area contributed by atoms with Gasteiger partial charge in [-0.25, -0.2) is 4.98 Å². The molecule has 0 bridgehead atoms. The number of hydrogen-bond acceptors (Lipinski definition) is 4. The van der Waals surface area contributed by atoms with Crippen molar-refractivity contribution in [3.63, 3.8) is 0 Å². The van der Waals surface area contributed by atoms with Gasteiger partial charge in [0, 0.05) is 19.9 Å². The van der Waals surface area contributed by atoms with Crippen LogP contribution in [0.15, 0.2) is 48.5 Å². The number of fused-ring (bicyclic) bond motifs is 4. The number of aromatic nitrogens is 5. The van der Waals surface area contributed by atoms with Crippen molar-refractivity contribution in [2.24, 2.45) is 0 Å². The molecule has 0 spiro atoms. The van der Waals surface area contributed by atoms with Gasteiger partial charge in [-0.3, -0.25) is 9.36 Å². The van der Waals surface area contributed by atoms with Crippen molar-refractivity contribution in [2.45, 2.75) is 19.4 Å². The van der Waals surface area contributed by atoms with Crippen LogP contribution in [0.1, 0.15) is 27.8 Å². The maximum absolute atomic E-state index is 12.6. The molecule has 5 rings (SSSR count). The van der Waals surface area contributed by atoms with Gasteiger partial charge in [0.2, 0.25) is 0 Å². The molecule has 0 radical (unpaired) electrons. The van der Waals surface area contributed by atoms with Gasteiger partial charge in [-0.1, -0.05) is 24.3 Å². The van der Waals surface area contributed by atoms with Gasteiger partial charge in [-0.15, -0.1) is 10.2 Å². The fraction of sp³-hybridized carbons (Fsp3) is 0.200. The maximum Gasteiger partial charge on any atom is 0.256 e. The molecule has 0 saturated carbocycles. The van der Waals surface area contributed by atoms with Gasteiger partial charge in [-0.05, 0) is 24.3 Å². The summed E-state index contributed by atoms with van der Waals surface area (Å²) >= 11 is 0. The van der Waals surface area contributed by atoms with Crippen molar-refractivity contribution in [3.8, 4) is 5.69 Å². The van der Waals surface area contributed by atoms with Gasteiger partial charge in [0.15, 0.2) is 5.82 Å². The van der Waals surface area contributed by atoms with Crippen molar-refractivity contribution < 1.29 is 4.79 Å². The molecule has 0 aliphatic carbocycles. The SMILES string of the molecule is CN1Cc2nnc(CCc3nc4ccccc4[nH]3)n2-c2ccccc2C1=O. The van der Waals surface area contributed by atoms with E-state index in [1.807, 2.05) is 53.1 Å². The zero-order valence-corrected chi connectivity index (χ0v) is 14.9. The Hall–Kier alpha value is -3.48. The molecule has 7 nitrogen and oxygen atoms in total. The van der Waals surface area contributed by atoms with Gasteiger partial charge in [0.25, 0.3) is 5.91 Å². The van der Waals surface area contributed by atoms with Crippen molar-refractivity contribution in [2.75, 3.05) is 7.05 Å². The van der Waals surface area contributed by atoms with Crippen molar-refractivity contribution >= 4 is 16.9 Å². The third kappa shape index (κ3) is 2.59. The van der Waals surface area contributed by atoms with E-state index in [1.165, 1.54) is 0 Å². The second-order valence-electron chi connectivity index (χ2n) is 6.75. The number of imidazole rings is 1. The third-order valence-corrected chi connectivity index (χ3v) is 4.92. The van der Waals surface area contributed by atoms with E-state index < -0.39 is 0 Å². The van der Waals surface area contributed by atoms with Crippen LogP contribution in [0, 0.1) is 0 Å². The van der Waals surface area contributed by atoms with E-state index in [0.717, 1.165) is 40.6 Å². The molecule has 2 aromatic heterocycles. The van der Waals surface area contributed by atoms with Crippen LogP contribution in [0.3, 0.4) is 0 Å². The monoisotopic (exact) mass is 358 g/mol. The Labute approximate surface area is 155 Å². The lowest BCUT2D eigenvalue weighted by atomic mass is 10.1. The molecule has 4 aromatic rings. The molecule has 1 N–H and O–H groups in total. The number of H-pyrrole nitrogens is 1. The Morgan fingerprint density at radius 3 is 2.74 bits per heavy atom. The van der Waals surface area contributed by atoms with Gasteiger partial charge in [-0.2, -0.15) is 0 Å². The van der Waals surface area contributed by atoms with Crippen LogP contribution in [0.2, 0.25) is 0 Å². The van der Waals surface area contributed by atoms with E-state index in [9.17, 15) is 4.79 Å². The normalized spacial score (nSPS) is 13.5. The van der Waals surface area contributed by atoms with Gasteiger partial charge in [0.05, 0.1) is 28.8 Å². The summed E-state index contributed by atoms with van der Waals surface area (Å²) in [5, 5.41) is 8.74. The number of hydrogen-bond donors (Lipinski definition) is 1. The standard InChI is InChI=1S/C20H18N6O/c1-25-12-19-24-23-18(26(19)16-9-5-2-6-13(16)20(25)27)11-10-17-21-14-7-3-4-8-15(14)22-17/h2-9H,10-12H2,1H3,(H,21,22). The number of carbonyl (C=O) groups is 1. The lowest BCUT2D eigenvalue weighted by Crippen LogP contribution is -2.25. The van der Waals surface area contributed by atoms with E-state index >= 15 is 0 Å². The summed E-state index contributed by atoms with van der Waals surface area (Å²) in [6.45, 7) is 0.436. The Kier molecular flexibility index (Phi) is 3.53. The fourth-order valence-electron chi connectivity index (χ4n) is 3.59. The minimum atomic E-state index is -0.000617. The number of rotatable bonds is 3. The first kappa shape index (κ1) is 15.7. The van der Waals surface area contributed by atoms with Crippen molar-refractivity contribution in [3.05, 3.63) is 71.6 Å². The van der Waals surface area contributed by atoms with Crippen LogP contribution in [-0.4, -0.2) is 42.6 Å². The van der Waals surface area contributed by atoms with Crippen LogP contribution in [0.4, 0.5) is 0 Å². The highest BCUT2D eigenvalue weighted by Crippen LogP contribution is 2.24. The number of nitrogens with one attached hydrogen (secondary N) is 1. The maximum atomic E-state index is 12.6. The molecular formula is C20H18N6O. The lowest BCUT2D eigenvalue weighted by molar-refractivity contribution is 0.0786. The number of benzene rings is 2. The van der Waals surface area contributed by atoms with Gasteiger partial charge < -0.3 is 9.88 Å². The Balaban J connectivity index is 1.51. The molecule has 134 valence electrons. The highest BCUT2D eigenvalue weighted by atomic mass is 16.2. The summed E-state index contributed by atoms with van der Waals surface area (Å²) in [5.41, 5.74) is 3.50. The van der Waals surface area contributed by atoms with Crippen LogP contribution in [0.5, 0.6) is 0 Å². The molecule has 2 aromatic carbocycles. The van der Waals surface area contributed by atoms with Gasteiger partial charge in [0.1, 0.15) is 11.6 Å². The Bertz CT molecular complexity index is 1130. The van der Waals surface area contributed by atoms with E-state index in [4.69, 9.17) is 0 Å². The smallest absolute Gasteiger partial charge is 0.256 e. The first-order valence-corrected chi connectivity index (χ1v) is 8.92. The Morgan fingerprint density at radius 2 is 1.85 bits per heavy atom. The number of amides is 1. The quantitative estimate of drug-likeness (QED) is 0.610. The topological polar surface area (TPSA) is 79.7 Å². The van der Waals surface area contributed by atoms with Crippen LogP contribution in [0.25, 0.3) is 16.7 Å². The zero-order valence-electron chi connectivity index (χ0n) is 14.9. The van der Waals surface area contributed by atoms with Crippen LogP contribution in [-0.2, 0) is 19.4 Å². The Morgan fingerprint density at radius 1 is 1.04 bits per heavy atom. The molecule has 0 saturated heterocycles. The second-order valence-corrected chi connectivity index (χ2v) is 6.75. The number of carbonyl (C=O) groups excluding carboxylic acids is 1.